The molecule has 0 saturated carbocycles. The van der Waals surface area contributed by atoms with Gasteiger partial charge >= 0.3 is 0 Å². The highest BCUT2D eigenvalue weighted by atomic mass is 32.2. The Morgan fingerprint density at radius 1 is 1.00 bits per heavy atom. The van der Waals surface area contributed by atoms with E-state index in [0.717, 1.165) is 0 Å². The van der Waals surface area contributed by atoms with Crippen LogP contribution in [-0.2, 0) is 25.8 Å². The standard InChI is InChI=1S/C19H25N3O5S2/c1-4-22(5-2)29(26,27)17-11-6-14(3)18(12-17)19(23)21-16-9-7-15(8-10-16)13-28(20,24)25/h6-12H,4-5,13H2,1-3H3,(H,21,23)(H2,20,24,25). The number of primary sulfonamides is 1. The molecule has 2 aromatic rings. The summed E-state index contributed by atoms with van der Waals surface area (Å²) in [6, 6.07) is 10.7. The van der Waals surface area contributed by atoms with Crippen molar-refractivity contribution in [2.45, 2.75) is 31.4 Å². The van der Waals surface area contributed by atoms with Gasteiger partial charge in [-0.15, -0.1) is 0 Å². The summed E-state index contributed by atoms with van der Waals surface area (Å²) in [4.78, 5) is 12.8. The molecule has 0 aliphatic rings. The van der Waals surface area contributed by atoms with Crippen molar-refractivity contribution >= 4 is 31.6 Å². The highest BCUT2D eigenvalue weighted by molar-refractivity contribution is 7.89. The van der Waals surface area contributed by atoms with E-state index in [1.807, 2.05) is 0 Å². The Morgan fingerprint density at radius 3 is 2.10 bits per heavy atom. The third-order valence-electron chi connectivity index (χ3n) is 4.38. The number of carbonyl (C=O) groups excluding carboxylic acids is 1. The molecule has 29 heavy (non-hydrogen) atoms. The Kier molecular flexibility index (Phi) is 7.17. The first kappa shape index (κ1) is 23.0. The predicted octanol–water partition coefficient (Wildman–Crippen LogP) is 2.07. The molecular weight excluding hydrogens is 414 g/mol. The van der Waals surface area contributed by atoms with E-state index in [1.54, 1.807) is 51.1 Å². The van der Waals surface area contributed by atoms with Crippen molar-refractivity contribution in [1.29, 1.82) is 0 Å². The second kappa shape index (κ2) is 9.04. The van der Waals surface area contributed by atoms with E-state index in [-0.39, 0.29) is 16.2 Å². The third kappa shape index (κ3) is 5.86. The Morgan fingerprint density at radius 2 is 1.59 bits per heavy atom. The zero-order chi connectivity index (χ0) is 21.8. The molecule has 0 fully saturated rings. The lowest BCUT2D eigenvalue weighted by atomic mass is 10.1. The fourth-order valence-electron chi connectivity index (χ4n) is 2.83. The lowest BCUT2D eigenvalue weighted by molar-refractivity contribution is 0.102. The smallest absolute Gasteiger partial charge is 0.255 e. The van der Waals surface area contributed by atoms with E-state index in [4.69, 9.17) is 5.14 Å². The molecule has 0 saturated heterocycles. The van der Waals surface area contributed by atoms with Gasteiger partial charge in [-0.25, -0.2) is 22.0 Å². The molecule has 8 nitrogen and oxygen atoms in total. The summed E-state index contributed by atoms with van der Waals surface area (Å²) in [7, 11) is -7.33. The molecule has 0 aliphatic carbocycles. The molecule has 3 N–H and O–H groups in total. The summed E-state index contributed by atoms with van der Waals surface area (Å²) in [5, 5.41) is 7.72. The van der Waals surface area contributed by atoms with E-state index in [9.17, 15) is 21.6 Å². The van der Waals surface area contributed by atoms with E-state index >= 15 is 0 Å². The van der Waals surface area contributed by atoms with Gasteiger partial charge in [-0.2, -0.15) is 4.31 Å². The van der Waals surface area contributed by atoms with Gasteiger partial charge in [-0.05, 0) is 42.3 Å². The SMILES string of the molecule is CCN(CC)S(=O)(=O)c1ccc(C)c(C(=O)Nc2ccc(CS(N)(=O)=O)cc2)c1. The van der Waals surface area contributed by atoms with Crippen LogP contribution < -0.4 is 10.5 Å². The molecule has 0 radical (unpaired) electrons. The summed E-state index contributed by atoms with van der Waals surface area (Å²) < 4.78 is 49.1. The topological polar surface area (TPSA) is 127 Å². The lowest BCUT2D eigenvalue weighted by Gasteiger charge is -2.19. The van der Waals surface area contributed by atoms with Gasteiger partial charge in [0.25, 0.3) is 5.91 Å². The number of anilines is 1. The molecule has 0 aliphatic heterocycles. The lowest BCUT2D eigenvalue weighted by Crippen LogP contribution is -2.30. The zero-order valence-corrected chi connectivity index (χ0v) is 18.2. The normalized spacial score (nSPS) is 12.2. The average molecular weight is 440 g/mol. The van der Waals surface area contributed by atoms with Crippen LogP contribution in [0.25, 0.3) is 0 Å². The maximum atomic E-state index is 12.7. The van der Waals surface area contributed by atoms with Crippen LogP contribution >= 0.6 is 0 Å². The van der Waals surface area contributed by atoms with Crippen molar-refractivity contribution in [3.63, 3.8) is 0 Å². The molecule has 0 bridgehead atoms. The van der Waals surface area contributed by atoms with Crippen LogP contribution in [0, 0.1) is 6.92 Å². The number of sulfonamides is 2. The third-order valence-corrected chi connectivity index (χ3v) is 7.16. The monoisotopic (exact) mass is 439 g/mol. The number of hydrogen-bond donors (Lipinski definition) is 2. The molecule has 0 heterocycles. The van der Waals surface area contributed by atoms with Crippen molar-refractivity contribution in [3.8, 4) is 0 Å². The first-order chi connectivity index (χ1) is 13.5. The minimum Gasteiger partial charge on any atom is -0.322 e. The van der Waals surface area contributed by atoms with Gasteiger partial charge in [-0.3, -0.25) is 4.79 Å². The van der Waals surface area contributed by atoms with Crippen LogP contribution in [0.4, 0.5) is 5.69 Å². The van der Waals surface area contributed by atoms with Gasteiger partial charge in [0.1, 0.15) is 0 Å². The van der Waals surface area contributed by atoms with Gasteiger partial charge in [0, 0.05) is 24.3 Å². The highest BCUT2D eigenvalue weighted by Crippen LogP contribution is 2.21. The number of nitrogens with zero attached hydrogens (tertiary/aromatic N) is 1. The van der Waals surface area contributed by atoms with Gasteiger partial charge in [-0.1, -0.05) is 32.0 Å². The highest BCUT2D eigenvalue weighted by Gasteiger charge is 2.23. The fourth-order valence-corrected chi connectivity index (χ4v) is 4.98. The average Bonchev–Trinajstić information content (AvgIpc) is 2.63. The molecule has 0 spiro atoms. The summed E-state index contributed by atoms with van der Waals surface area (Å²) in [5.74, 6) is -0.760. The minimum atomic E-state index is -3.69. The second-order valence-corrected chi connectivity index (χ2v) is 10.1. The quantitative estimate of drug-likeness (QED) is 0.651. The van der Waals surface area contributed by atoms with Crippen LogP contribution in [0.15, 0.2) is 47.4 Å². The van der Waals surface area contributed by atoms with Crippen LogP contribution in [0.3, 0.4) is 0 Å². The number of nitrogens with one attached hydrogen (secondary N) is 1. The second-order valence-electron chi connectivity index (χ2n) is 6.52. The Labute approximate surface area is 171 Å². The molecule has 0 unspecified atom stereocenters. The summed E-state index contributed by atoms with van der Waals surface area (Å²) >= 11 is 0. The minimum absolute atomic E-state index is 0.0560. The Balaban J connectivity index is 2.27. The number of amides is 1. The molecule has 2 aromatic carbocycles. The molecule has 0 aromatic heterocycles. The van der Waals surface area contributed by atoms with Gasteiger partial charge in [0.05, 0.1) is 10.6 Å². The molecule has 10 heteroatoms. The first-order valence-electron chi connectivity index (χ1n) is 8.99. The van der Waals surface area contributed by atoms with Crippen molar-refractivity contribution < 1.29 is 21.6 Å². The van der Waals surface area contributed by atoms with Crippen molar-refractivity contribution in [2.24, 2.45) is 5.14 Å². The molecule has 0 atom stereocenters. The van der Waals surface area contributed by atoms with Crippen LogP contribution in [0.5, 0.6) is 0 Å². The maximum absolute atomic E-state index is 12.7. The number of aryl methyl sites for hydroxylation is 1. The summed E-state index contributed by atoms with van der Waals surface area (Å²) in [6.07, 6.45) is 0. The van der Waals surface area contributed by atoms with Crippen LogP contribution in [-0.4, -0.2) is 40.1 Å². The maximum Gasteiger partial charge on any atom is 0.255 e. The van der Waals surface area contributed by atoms with Crippen LogP contribution in [0.1, 0.15) is 35.3 Å². The largest absolute Gasteiger partial charge is 0.322 e. The first-order valence-corrected chi connectivity index (χ1v) is 12.1. The van der Waals surface area contributed by atoms with E-state index in [0.29, 0.717) is 29.9 Å². The van der Waals surface area contributed by atoms with Crippen molar-refractivity contribution in [3.05, 3.63) is 59.2 Å². The van der Waals surface area contributed by atoms with E-state index in [1.165, 1.54) is 16.4 Å². The summed E-state index contributed by atoms with van der Waals surface area (Å²) in [6.45, 7) is 5.89. The molecule has 2 rings (SSSR count). The Hall–Kier alpha value is -2.27. The van der Waals surface area contributed by atoms with E-state index in [2.05, 4.69) is 5.32 Å². The fraction of sp³-hybridized carbons (Fsp3) is 0.316. The Bertz CT molecular complexity index is 1090. The molecular formula is C19H25N3O5S2. The van der Waals surface area contributed by atoms with Gasteiger partial charge < -0.3 is 5.32 Å². The number of rotatable bonds is 8. The number of carbonyl (C=O) groups is 1. The number of benzene rings is 2. The van der Waals surface area contributed by atoms with Crippen LogP contribution in [0.2, 0.25) is 0 Å². The van der Waals surface area contributed by atoms with E-state index < -0.39 is 26.0 Å². The predicted molar refractivity (Wildman–Crippen MR) is 112 cm³/mol. The molecule has 1 amide bonds. The van der Waals surface area contributed by atoms with Crippen molar-refractivity contribution in [1.82, 2.24) is 4.31 Å². The summed E-state index contributed by atoms with van der Waals surface area (Å²) in [5.41, 5.74) is 1.82. The number of hydrogen-bond acceptors (Lipinski definition) is 5. The number of nitrogens with two attached hydrogens (primary N) is 1. The molecule has 158 valence electrons. The zero-order valence-electron chi connectivity index (χ0n) is 16.5. The van der Waals surface area contributed by atoms with Gasteiger partial charge in [0.15, 0.2) is 0 Å². The van der Waals surface area contributed by atoms with Gasteiger partial charge in [0.2, 0.25) is 20.0 Å². The van der Waals surface area contributed by atoms with Crippen molar-refractivity contribution in [2.75, 3.05) is 18.4 Å².